The molecule has 0 unspecified atom stereocenters. The lowest BCUT2D eigenvalue weighted by Gasteiger charge is -2.22. The van der Waals surface area contributed by atoms with Crippen molar-refractivity contribution in [3.63, 3.8) is 0 Å². The number of nitrogens with one attached hydrogen (secondary N) is 1. The maximum absolute atomic E-state index is 12.7. The summed E-state index contributed by atoms with van der Waals surface area (Å²) < 4.78 is 0. The molecule has 0 fully saturated rings. The lowest BCUT2D eigenvalue weighted by molar-refractivity contribution is -0.385. The second-order valence-corrected chi connectivity index (χ2v) is 10.7. The average molecular weight is 657 g/mol. The maximum Gasteiger partial charge on any atom is 0.269 e. The van der Waals surface area contributed by atoms with E-state index in [-0.39, 0.29) is 34.4 Å². The molecule has 6 rings (SSSR count). The van der Waals surface area contributed by atoms with Gasteiger partial charge in [-0.3, -0.25) is 39.4 Å². The van der Waals surface area contributed by atoms with Gasteiger partial charge in [-0.2, -0.15) is 0 Å². The van der Waals surface area contributed by atoms with E-state index in [2.05, 4.69) is 5.32 Å². The molecular formula is C34H29ClN4O8. The van der Waals surface area contributed by atoms with Gasteiger partial charge in [-0.1, -0.05) is 24.3 Å². The number of para-hydroxylation sites is 2. The third-order valence-electron chi connectivity index (χ3n) is 7.28. The molecule has 2 heterocycles. The number of carbonyl (C=O) groups is 4. The number of hydrogen-bond donors (Lipinski definition) is 1. The molecule has 4 aromatic carbocycles. The van der Waals surface area contributed by atoms with Crippen molar-refractivity contribution < 1.29 is 29.0 Å². The Balaban J connectivity index is 0.000000176. The molecule has 12 nitrogen and oxygen atoms in total. The van der Waals surface area contributed by atoms with E-state index in [1.54, 1.807) is 29.2 Å². The molecule has 4 aromatic rings. The summed E-state index contributed by atoms with van der Waals surface area (Å²) in [7, 11) is 0. The summed E-state index contributed by atoms with van der Waals surface area (Å²) in [6, 6.07) is 25.3. The molecule has 1 amide bonds. The summed E-state index contributed by atoms with van der Waals surface area (Å²) in [5.74, 6) is 0.0252. The molecule has 13 heteroatoms. The zero-order valence-electron chi connectivity index (χ0n) is 25.0. The number of Topliss-reactive ketones (excluding diaryl/α,β-unsaturated/α-hetero) is 2. The van der Waals surface area contributed by atoms with Crippen LogP contribution in [0.15, 0.2) is 97.1 Å². The van der Waals surface area contributed by atoms with Crippen molar-refractivity contribution in [3.8, 4) is 0 Å². The third-order valence-corrected chi connectivity index (χ3v) is 7.50. The van der Waals surface area contributed by atoms with E-state index in [9.17, 15) is 39.4 Å². The fourth-order valence-electron chi connectivity index (χ4n) is 4.89. The molecule has 2 aliphatic heterocycles. The highest BCUT2D eigenvalue weighted by molar-refractivity contribution is 6.67. The predicted molar refractivity (Wildman–Crippen MR) is 177 cm³/mol. The maximum atomic E-state index is 12.7. The summed E-state index contributed by atoms with van der Waals surface area (Å²) in [6.45, 7) is 1.35. The van der Waals surface area contributed by atoms with E-state index >= 15 is 0 Å². The quantitative estimate of drug-likeness (QED) is 0.135. The van der Waals surface area contributed by atoms with Crippen molar-refractivity contribution in [1.29, 1.82) is 0 Å². The molecule has 0 aromatic heterocycles. The Morgan fingerprint density at radius 3 is 1.79 bits per heavy atom. The summed E-state index contributed by atoms with van der Waals surface area (Å²) in [5.41, 5.74) is 3.46. The van der Waals surface area contributed by atoms with Gasteiger partial charge in [-0.25, -0.2) is 0 Å². The molecule has 0 atom stereocenters. The van der Waals surface area contributed by atoms with Gasteiger partial charge < -0.3 is 10.2 Å². The van der Waals surface area contributed by atoms with Crippen LogP contribution in [0.3, 0.4) is 0 Å². The summed E-state index contributed by atoms with van der Waals surface area (Å²) in [6.07, 6.45) is 2.60. The predicted octanol–water partition coefficient (Wildman–Crippen LogP) is 7.27. The van der Waals surface area contributed by atoms with Crippen LogP contribution in [-0.4, -0.2) is 45.7 Å². The van der Waals surface area contributed by atoms with Crippen LogP contribution in [0, 0.1) is 20.2 Å². The Kier molecular flexibility index (Phi) is 11.6. The summed E-state index contributed by atoms with van der Waals surface area (Å²) in [5, 5.41) is 23.5. The minimum absolute atomic E-state index is 0.0274. The normalized spacial score (nSPS) is 13.4. The number of carbonyl (C=O) groups excluding carboxylic acids is 4. The lowest BCUT2D eigenvalue weighted by Crippen LogP contribution is -2.31. The third kappa shape index (κ3) is 8.92. The summed E-state index contributed by atoms with van der Waals surface area (Å²) >= 11 is 5.13. The number of fused-ring (bicyclic) bond motifs is 2. The number of benzene rings is 4. The number of ketones is 2. The van der Waals surface area contributed by atoms with Crippen LogP contribution >= 0.6 is 11.6 Å². The van der Waals surface area contributed by atoms with Gasteiger partial charge in [0.15, 0.2) is 11.6 Å². The van der Waals surface area contributed by atoms with Gasteiger partial charge in [-0.05, 0) is 73.0 Å². The monoisotopic (exact) mass is 656 g/mol. The van der Waals surface area contributed by atoms with Crippen LogP contribution in [-0.2, 0) is 0 Å². The van der Waals surface area contributed by atoms with E-state index < -0.39 is 15.1 Å². The van der Waals surface area contributed by atoms with Gasteiger partial charge in [-0.15, -0.1) is 0 Å². The van der Waals surface area contributed by atoms with Gasteiger partial charge in [0.2, 0.25) is 0 Å². The van der Waals surface area contributed by atoms with E-state index in [0.29, 0.717) is 42.6 Å². The number of nitro benzene ring substituents is 2. The Morgan fingerprint density at radius 1 is 0.681 bits per heavy atom. The Morgan fingerprint density at radius 2 is 1.19 bits per heavy atom. The van der Waals surface area contributed by atoms with Gasteiger partial charge in [0, 0.05) is 78.1 Å². The summed E-state index contributed by atoms with van der Waals surface area (Å²) in [4.78, 5) is 68.2. The molecule has 0 aliphatic carbocycles. The fraction of sp³-hybridized carbons (Fsp3) is 0.176. The number of hydrogen-bond acceptors (Lipinski definition) is 9. The highest BCUT2D eigenvalue weighted by Gasteiger charge is 2.26. The standard InChI is InChI=1S/C17H14N2O4.C10H11NO.C7H4ClNO3/c20-16-6-3-11-18(15-5-2-1-4-14(15)16)17(21)12-7-9-13(10-8-12)19(22)23;12-10-6-3-7-11-9-5-2-1-4-8(9)10;8-7(10)5-1-3-6(4-2-5)9(11)12/h1-2,4-5,7-10H,3,6,11H2;1-2,4-5,11H,3,6-7H2;1-4H. The highest BCUT2D eigenvalue weighted by Crippen LogP contribution is 2.28. The number of halogens is 1. The number of non-ortho nitro benzene ring substituents is 2. The molecule has 240 valence electrons. The molecule has 2 aliphatic rings. The smallest absolute Gasteiger partial charge is 0.269 e. The topological polar surface area (TPSA) is 170 Å². The van der Waals surface area contributed by atoms with E-state index in [1.165, 1.54) is 48.5 Å². The van der Waals surface area contributed by atoms with Crippen LogP contribution in [0.5, 0.6) is 0 Å². The van der Waals surface area contributed by atoms with Crippen LogP contribution in [0.4, 0.5) is 22.7 Å². The van der Waals surface area contributed by atoms with Crippen molar-refractivity contribution in [2.75, 3.05) is 23.3 Å². The minimum atomic E-state index is -0.620. The minimum Gasteiger partial charge on any atom is -0.384 e. The molecule has 0 saturated carbocycles. The Labute approximate surface area is 274 Å². The van der Waals surface area contributed by atoms with Gasteiger partial charge in [0.25, 0.3) is 22.5 Å². The van der Waals surface area contributed by atoms with Crippen LogP contribution in [0.1, 0.15) is 67.1 Å². The molecule has 0 saturated heterocycles. The van der Waals surface area contributed by atoms with Crippen LogP contribution in [0.25, 0.3) is 0 Å². The van der Waals surface area contributed by atoms with E-state index in [4.69, 9.17) is 11.6 Å². The van der Waals surface area contributed by atoms with Crippen LogP contribution in [0.2, 0.25) is 0 Å². The fourth-order valence-corrected chi connectivity index (χ4v) is 5.02. The first kappa shape index (κ1) is 34.1. The number of rotatable bonds is 4. The number of nitro groups is 2. The van der Waals surface area contributed by atoms with E-state index in [0.717, 1.165) is 24.2 Å². The van der Waals surface area contributed by atoms with Crippen molar-refractivity contribution in [1.82, 2.24) is 0 Å². The van der Waals surface area contributed by atoms with Crippen molar-refractivity contribution in [3.05, 3.63) is 140 Å². The highest BCUT2D eigenvalue weighted by atomic mass is 35.5. The molecule has 1 N–H and O–H groups in total. The lowest BCUT2D eigenvalue weighted by atomic mass is 10.1. The van der Waals surface area contributed by atoms with Gasteiger partial charge >= 0.3 is 0 Å². The molecular weight excluding hydrogens is 628 g/mol. The first-order chi connectivity index (χ1) is 22.6. The molecule has 0 spiro atoms. The van der Waals surface area contributed by atoms with Gasteiger partial charge in [0.05, 0.1) is 15.5 Å². The zero-order valence-corrected chi connectivity index (χ0v) is 25.7. The second-order valence-electron chi connectivity index (χ2n) is 10.4. The molecule has 47 heavy (non-hydrogen) atoms. The number of anilines is 2. The van der Waals surface area contributed by atoms with Gasteiger partial charge in [0.1, 0.15) is 0 Å². The molecule has 0 radical (unpaired) electrons. The second kappa shape index (κ2) is 16.0. The van der Waals surface area contributed by atoms with E-state index in [1.807, 2.05) is 24.3 Å². The largest absolute Gasteiger partial charge is 0.384 e. The Bertz CT molecular complexity index is 1780. The van der Waals surface area contributed by atoms with Crippen LogP contribution < -0.4 is 10.2 Å². The first-order valence-electron chi connectivity index (χ1n) is 14.6. The number of nitrogens with zero attached hydrogens (tertiary/aromatic N) is 3. The first-order valence-corrected chi connectivity index (χ1v) is 14.9. The van der Waals surface area contributed by atoms with Crippen molar-refractivity contribution in [2.45, 2.75) is 25.7 Å². The van der Waals surface area contributed by atoms with Crippen molar-refractivity contribution in [2.24, 2.45) is 0 Å². The Hall–Kier alpha value is -5.75. The number of amides is 1. The molecule has 0 bridgehead atoms. The average Bonchev–Trinajstić information content (AvgIpc) is 3.38. The SMILES string of the molecule is O=C(Cl)c1ccc([N+](=O)[O-])cc1.O=C1CCCN(C(=O)c2ccc([N+](=O)[O-])cc2)c2ccccc21.O=C1CCCNc2ccccc21. The zero-order chi connectivity index (χ0) is 33.9. The van der Waals surface area contributed by atoms with Crippen molar-refractivity contribution >= 4 is 57.1 Å².